The molecular formula is C26H24ClN5O2. The van der Waals surface area contributed by atoms with Crippen molar-refractivity contribution in [1.82, 2.24) is 25.1 Å². The van der Waals surface area contributed by atoms with Crippen molar-refractivity contribution in [3.05, 3.63) is 94.0 Å². The Morgan fingerprint density at radius 1 is 1.15 bits per heavy atom. The van der Waals surface area contributed by atoms with Crippen LogP contribution in [0.15, 0.2) is 60.9 Å². The first-order valence-corrected chi connectivity index (χ1v) is 11.5. The highest BCUT2D eigenvalue weighted by atomic mass is 35.5. The number of nitrogens with one attached hydrogen (secondary N) is 1. The molecule has 4 aromatic rings. The highest BCUT2D eigenvalue weighted by molar-refractivity contribution is 6.31. The van der Waals surface area contributed by atoms with Gasteiger partial charge in [0.05, 0.1) is 24.3 Å². The zero-order chi connectivity index (χ0) is 23.7. The Bertz CT molecular complexity index is 1340. The second-order valence-electron chi connectivity index (χ2n) is 8.45. The molecule has 0 spiro atoms. The van der Waals surface area contributed by atoms with E-state index < -0.39 is 0 Å². The molecule has 2 aromatic heterocycles. The molecule has 0 saturated heterocycles. The van der Waals surface area contributed by atoms with E-state index >= 15 is 0 Å². The van der Waals surface area contributed by atoms with Gasteiger partial charge in [0.1, 0.15) is 11.9 Å². The standard InChI is InChI=1S/C26H24ClN5O2/c1-16-10-17(2)32(31-16)15-18-4-6-19(7-5-18)26(33)30-14-22-12-20-11-21(27)13-23(24(20)34-22)25-28-8-3-9-29-25/h3-11,13,22H,12,14-15H2,1-2H3,(H,30,33). The number of benzene rings is 2. The number of rotatable bonds is 6. The maximum absolute atomic E-state index is 12.7. The number of carbonyl (C=O) groups excluding carboxylic acids is 1. The highest BCUT2D eigenvalue weighted by Gasteiger charge is 2.28. The molecule has 0 bridgehead atoms. The third-order valence-corrected chi connectivity index (χ3v) is 6.03. The quantitative estimate of drug-likeness (QED) is 0.449. The molecule has 0 fully saturated rings. The van der Waals surface area contributed by atoms with Gasteiger partial charge in [-0.15, -0.1) is 0 Å². The van der Waals surface area contributed by atoms with Crippen LogP contribution in [0.2, 0.25) is 5.02 Å². The van der Waals surface area contributed by atoms with Crippen molar-refractivity contribution < 1.29 is 9.53 Å². The van der Waals surface area contributed by atoms with Gasteiger partial charge in [-0.3, -0.25) is 9.48 Å². The first-order chi connectivity index (χ1) is 16.5. The van der Waals surface area contributed by atoms with Gasteiger partial charge in [0.15, 0.2) is 5.82 Å². The van der Waals surface area contributed by atoms with Gasteiger partial charge in [-0.1, -0.05) is 23.7 Å². The summed E-state index contributed by atoms with van der Waals surface area (Å²) in [5.41, 5.74) is 5.55. The van der Waals surface area contributed by atoms with Crippen molar-refractivity contribution in [1.29, 1.82) is 0 Å². The molecule has 1 amide bonds. The predicted octanol–water partition coefficient (Wildman–Crippen LogP) is 4.39. The van der Waals surface area contributed by atoms with Gasteiger partial charge in [0.25, 0.3) is 5.91 Å². The van der Waals surface area contributed by atoms with Crippen molar-refractivity contribution in [3.63, 3.8) is 0 Å². The van der Waals surface area contributed by atoms with E-state index in [1.807, 2.05) is 54.9 Å². The van der Waals surface area contributed by atoms with Crippen LogP contribution >= 0.6 is 11.6 Å². The highest BCUT2D eigenvalue weighted by Crippen LogP contribution is 2.39. The fourth-order valence-electron chi connectivity index (χ4n) is 4.19. The number of aromatic nitrogens is 4. The summed E-state index contributed by atoms with van der Waals surface area (Å²) in [6, 6.07) is 15.1. The molecule has 1 aliphatic rings. The topological polar surface area (TPSA) is 81.9 Å². The van der Waals surface area contributed by atoms with Crippen LogP contribution in [0.1, 0.15) is 32.9 Å². The molecule has 0 saturated carbocycles. The van der Waals surface area contributed by atoms with Gasteiger partial charge >= 0.3 is 0 Å². The molecule has 172 valence electrons. The molecule has 34 heavy (non-hydrogen) atoms. The van der Waals surface area contributed by atoms with Gasteiger partial charge < -0.3 is 10.1 Å². The van der Waals surface area contributed by atoms with Crippen molar-refractivity contribution in [2.75, 3.05) is 6.54 Å². The summed E-state index contributed by atoms with van der Waals surface area (Å²) in [6.07, 6.45) is 3.83. The normalized spacial score (nSPS) is 14.5. The van der Waals surface area contributed by atoms with Gasteiger partial charge in [-0.2, -0.15) is 5.10 Å². The number of nitrogens with zero attached hydrogens (tertiary/aromatic N) is 4. The molecule has 1 N–H and O–H groups in total. The second-order valence-corrected chi connectivity index (χ2v) is 8.89. The molecule has 1 aliphatic heterocycles. The van der Waals surface area contributed by atoms with Gasteiger partial charge in [0, 0.05) is 40.7 Å². The fourth-order valence-corrected chi connectivity index (χ4v) is 4.43. The van der Waals surface area contributed by atoms with Crippen molar-refractivity contribution >= 4 is 17.5 Å². The monoisotopic (exact) mass is 473 g/mol. The van der Waals surface area contributed by atoms with Crippen LogP contribution in [0.25, 0.3) is 11.4 Å². The summed E-state index contributed by atoms with van der Waals surface area (Å²) in [5.74, 6) is 1.15. The molecule has 1 unspecified atom stereocenters. The number of carbonyl (C=O) groups is 1. The van der Waals surface area contributed by atoms with Gasteiger partial charge in [-0.05, 0) is 55.8 Å². The molecular weight excluding hydrogens is 450 g/mol. The zero-order valence-electron chi connectivity index (χ0n) is 19.0. The van der Waals surface area contributed by atoms with Crippen LogP contribution in [-0.4, -0.2) is 38.3 Å². The Labute approximate surface area is 202 Å². The lowest BCUT2D eigenvalue weighted by atomic mass is 10.1. The fraction of sp³-hybridized carbons (Fsp3) is 0.231. The molecule has 5 rings (SSSR count). The van der Waals surface area contributed by atoms with E-state index in [-0.39, 0.29) is 12.0 Å². The number of amides is 1. The van der Waals surface area contributed by atoms with E-state index in [0.717, 1.165) is 33.8 Å². The van der Waals surface area contributed by atoms with Crippen LogP contribution in [0.5, 0.6) is 5.75 Å². The minimum atomic E-state index is -0.190. The van der Waals surface area contributed by atoms with E-state index in [1.165, 1.54) is 0 Å². The summed E-state index contributed by atoms with van der Waals surface area (Å²) in [4.78, 5) is 21.4. The molecule has 8 heteroatoms. The average molecular weight is 474 g/mol. The Balaban J connectivity index is 1.21. The van der Waals surface area contributed by atoms with Crippen LogP contribution in [0.4, 0.5) is 0 Å². The van der Waals surface area contributed by atoms with Crippen LogP contribution in [0.3, 0.4) is 0 Å². The van der Waals surface area contributed by atoms with E-state index in [2.05, 4.69) is 26.4 Å². The zero-order valence-corrected chi connectivity index (χ0v) is 19.7. The molecule has 7 nitrogen and oxygen atoms in total. The first kappa shape index (κ1) is 22.1. The Kier molecular flexibility index (Phi) is 6.02. The third kappa shape index (κ3) is 4.65. The molecule has 0 radical (unpaired) electrons. The number of hydrogen-bond acceptors (Lipinski definition) is 5. The van der Waals surface area contributed by atoms with E-state index in [1.54, 1.807) is 18.5 Å². The number of ether oxygens (including phenoxy) is 1. The SMILES string of the molecule is Cc1cc(C)n(Cc2ccc(C(=O)NCC3Cc4cc(Cl)cc(-c5ncccn5)c4O3)cc2)n1. The summed E-state index contributed by atoms with van der Waals surface area (Å²) in [5, 5.41) is 8.08. The lowest BCUT2D eigenvalue weighted by molar-refractivity contribution is 0.0933. The number of aryl methyl sites for hydroxylation is 2. The van der Waals surface area contributed by atoms with Crippen molar-refractivity contribution in [2.45, 2.75) is 32.9 Å². The summed E-state index contributed by atoms with van der Waals surface area (Å²) in [7, 11) is 0. The van der Waals surface area contributed by atoms with Crippen LogP contribution in [0, 0.1) is 13.8 Å². The third-order valence-electron chi connectivity index (χ3n) is 5.81. The maximum Gasteiger partial charge on any atom is 0.251 e. The molecule has 1 atom stereocenters. The Hall–Kier alpha value is -3.71. The number of hydrogen-bond donors (Lipinski definition) is 1. The number of fused-ring (bicyclic) bond motifs is 1. The maximum atomic E-state index is 12.7. The molecule has 2 aromatic carbocycles. The average Bonchev–Trinajstić information content (AvgIpc) is 3.39. The largest absolute Gasteiger partial charge is 0.487 e. The molecule has 0 aliphatic carbocycles. The van der Waals surface area contributed by atoms with Crippen molar-refractivity contribution in [2.24, 2.45) is 0 Å². The van der Waals surface area contributed by atoms with Crippen LogP contribution < -0.4 is 10.1 Å². The lowest BCUT2D eigenvalue weighted by Gasteiger charge is -2.13. The van der Waals surface area contributed by atoms with Crippen LogP contribution in [-0.2, 0) is 13.0 Å². The summed E-state index contributed by atoms with van der Waals surface area (Å²) in [6.45, 7) is 5.07. The Morgan fingerprint density at radius 3 is 2.62 bits per heavy atom. The summed E-state index contributed by atoms with van der Waals surface area (Å²) < 4.78 is 8.13. The van der Waals surface area contributed by atoms with Gasteiger partial charge in [0.2, 0.25) is 0 Å². The first-order valence-electron chi connectivity index (χ1n) is 11.1. The Morgan fingerprint density at radius 2 is 1.91 bits per heavy atom. The lowest BCUT2D eigenvalue weighted by Crippen LogP contribution is -2.34. The van der Waals surface area contributed by atoms with E-state index in [0.29, 0.717) is 35.9 Å². The minimum Gasteiger partial charge on any atom is -0.487 e. The summed E-state index contributed by atoms with van der Waals surface area (Å²) >= 11 is 6.32. The minimum absolute atomic E-state index is 0.137. The smallest absolute Gasteiger partial charge is 0.251 e. The van der Waals surface area contributed by atoms with E-state index in [4.69, 9.17) is 16.3 Å². The second kappa shape index (κ2) is 9.27. The molecule has 3 heterocycles. The van der Waals surface area contributed by atoms with E-state index in [9.17, 15) is 4.79 Å². The predicted molar refractivity (Wildman–Crippen MR) is 130 cm³/mol. The van der Waals surface area contributed by atoms with Gasteiger partial charge in [-0.25, -0.2) is 9.97 Å². The van der Waals surface area contributed by atoms with Crippen molar-refractivity contribution in [3.8, 4) is 17.1 Å². The number of halogens is 1.